The molecule has 2 bridgehead atoms. The lowest BCUT2D eigenvalue weighted by atomic mass is 9.77. The van der Waals surface area contributed by atoms with Crippen molar-refractivity contribution in [2.24, 2.45) is 11.8 Å². The van der Waals surface area contributed by atoms with Gasteiger partial charge in [-0.15, -0.1) is 0 Å². The molecule has 0 saturated carbocycles. The van der Waals surface area contributed by atoms with Gasteiger partial charge >= 0.3 is 5.97 Å². The SMILES string of the molecule is C[C@H](c1ccccc1)[C@H](O)/C=C/C1C2CCC(O2)[C@H]1C/C=C\CCCC(=O)O. The molecule has 28 heavy (non-hydrogen) atoms. The second-order valence-electron chi connectivity index (χ2n) is 8.10. The van der Waals surface area contributed by atoms with E-state index in [1.54, 1.807) is 0 Å². The molecule has 2 N–H and O–H groups in total. The highest BCUT2D eigenvalue weighted by Gasteiger charge is 2.46. The standard InChI is InChI=1S/C24H32O4/c1-17(18-9-5-4-6-10-18)21(25)14-13-20-19(22-15-16-23(20)28-22)11-7-2-3-8-12-24(26)27/h2,4-7,9-10,13-14,17,19-23,25H,3,8,11-12,15-16H2,1H3,(H,26,27)/b7-2-,14-13+/t17-,19+,20?,21-,22?,23?/m1/s1. The highest BCUT2D eigenvalue weighted by Crippen LogP contribution is 2.46. The third-order valence-electron chi connectivity index (χ3n) is 6.19. The summed E-state index contributed by atoms with van der Waals surface area (Å²) in [6.07, 6.45) is 13.4. The molecule has 6 atom stereocenters. The highest BCUT2D eigenvalue weighted by molar-refractivity contribution is 5.66. The maximum absolute atomic E-state index is 10.6. The van der Waals surface area contributed by atoms with Crippen molar-refractivity contribution in [3.8, 4) is 0 Å². The number of allylic oxidation sites excluding steroid dienone is 2. The van der Waals surface area contributed by atoms with Gasteiger partial charge in [-0.3, -0.25) is 4.79 Å². The van der Waals surface area contributed by atoms with E-state index in [2.05, 4.69) is 37.3 Å². The fraction of sp³-hybridized carbons (Fsp3) is 0.542. The van der Waals surface area contributed by atoms with Crippen LogP contribution in [0.2, 0.25) is 0 Å². The second-order valence-corrected chi connectivity index (χ2v) is 8.10. The van der Waals surface area contributed by atoms with Crippen LogP contribution in [0.1, 0.15) is 56.9 Å². The van der Waals surface area contributed by atoms with E-state index in [1.165, 1.54) is 0 Å². The normalized spacial score (nSPS) is 28.9. The van der Waals surface area contributed by atoms with Crippen LogP contribution < -0.4 is 0 Å². The zero-order valence-electron chi connectivity index (χ0n) is 16.6. The van der Waals surface area contributed by atoms with Crippen LogP contribution in [0.15, 0.2) is 54.6 Å². The summed E-state index contributed by atoms with van der Waals surface area (Å²) >= 11 is 0. The van der Waals surface area contributed by atoms with Gasteiger partial charge in [-0.2, -0.15) is 0 Å². The smallest absolute Gasteiger partial charge is 0.303 e. The second kappa shape index (κ2) is 10.0. The van der Waals surface area contributed by atoms with E-state index in [1.807, 2.05) is 24.3 Å². The van der Waals surface area contributed by atoms with E-state index < -0.39 is 12.1 Å². The van der Waals surface area contributed by atoms with Gasteiger partial charge in [0.15, 0.2) is 0 Å². The lowest BCUT2D eigenvalue weighted by Gasteiger charge is -2.25. The molecule has 2 saturated heterocycles. The maximum Gasteiger partial charge on any atom is 0.303 e. The quantitative estimate of drug-likeness (QED) is 0.453. The summed E-state index contributed by atoms with van der Waals surface area (Å²) in [4.78, 5) is 10.6. The molecule has 3 rings (SSSR count). The number of carbonyl (C=O) groups is 1. The van der Waals surface area contributed by atoms with Gasteiger partial charge in [0.1, 0.15) is 0 Å². The molecule has 2 fully saturated rings. The third kappa shape index (κ3) is 5.33. The Kier molecular flexibility index (Phi) is 7.46. The predicted octanol–water partition coefficient (Wildman–Crippen LogP) is 4.70. The zero-order valence-corrected chi connectivity index (χ0v) is 16.6. The van der Waals surface area contributed by atoms with Gasteiger partial charge in [-0.25, -0.2) is 0 Å². The highest BCUT2D eigenvalue weighted by atomic mass is 16.5. The number of fused-ring (bicyclic) bond motifs is 2. The molecule has 152 valence electrons. The van der Waals surface area contributed by atoms with E-state index >= 15 is 0 Å². The fourth-order valence-electron chi connectivity index (χ4n) is 4.49. The number of aliphatic hydroxyl groups is 1. The Morgan fingerprint density at radius 1 is 1.21 bits per heavy atom. The van der Waals surface area contributed by atoms with E-state index in [-0.39, 0.29) is 18.4 Å². The van der Waals surface area contributed by atoms with Crippen molar-refractivity contribution in [3.63, 3.8) is 0 Å². The lowest BCUT2D eigenvalue weighted by molar-refractivity contribution is -0.137. The Morgan fingerprint density at radius 3 is 2.71 bits per heavy atom. The van der Waals surface area contributed by atoms with Crippen LogP contribution in [0.4, 0.5) is 0 Å². The third-order valence-corrected chi connectivity index (χ3v) is 6.19. The Balaban J connectivity index is 1.54. The summed E-state index contributed by atoms with van der Waals surface area (Å²) in [5, 5.41) is 19.3. The Bertz CT molecular complexity index is 681. The van der Waals surface area contributed by atoms with E-state index in [0.29, 0.717) is 24.4 Å². The molecule has 2 aliphatic rings. The van der Waals surface area contributed by atoms with Crippen LogP contribution in [0.5, 0.6) is 0 Å². The van der Waals surface area contributed by atoms with Gasteiger partial charge < -0.3 is 14.9 Å². The average Bonchev–Trinajstić information content (AvgIpc) is 3.30. The van der Waals surface area contributed by atoms with Crippen molar-refractivity contribution in [3.05, 3.63) is 60.2 Å². The number of rotatable bonds is 10. The molecular weight excluding hydrogens is 352 g/mol. The fourth-order valence-corrected chi connectivity index (χ4v) is 4.49. The van der Waals surface area contributed by atoms with Crippen LogP contribution >= 0.6 is 0 Å². The molecule has 0 aliphatic carbocycles. The number of carboxylic acids is 1. The Labute approximate surface area is 167 Å². The summed E-state index contributed by atoms with van der Waals surface area (Å²) < 4.78 is 6.14. The van der Waals surface area contributed by atoms with Crippen LogP contribution in [0.25, 0.3) is 0 Å². The van der Waals surface area contributed by atoms with Gasteiger partial charge in [0.05, 0.1) is 18.3 Å². The molecule has 4 nitrogen and oxygen atoms in total. The number of hydrogen-bond acceptors (Lipinski definition) is 3. The largest absolute Gasteiger partial charge is 0.481 e. The summed E-state index contributed by atoms with van der Waals surface area (Å²) in [5.41, 5.74) is 1.14. The number of unbranched alkanes of at least 4 members (excludes halogenated alkanes) is 1. The number of benzene rings is 1. The first-order chi connectivity index (χ1) is 13.6. The summed E-state index contributed by atoms with van der Waals surface area (Å²) in [7, 11) is 0. The number of ether oxygens (including phenoxy) is 1. The first-order valence-corrected chi connectivity index (χ1v) is 10.5. The van der Waals surface area contributed by atoms with Crippen LogP contribution in [0.3, 0.4) is 0 Å². The molecule has 2 heterocycles. The topological polar surface area (TPSA) is 66.8 Å². The molecule has 3 unspecified atom stereocenters. The summed E-state index contributed by atoms with van der Waals surface area (Å²) in [5.74, 6) is 0.123. The minimum absolute atomic E-state index is 0.0598. The van der Waals surface area contributed by atoms with Crippen molar-refractivity contribution in [2.45, 2.75) is 69.7 Å². The van der Waals surface area contributed by atoms with Crippen molar-refractivity contribution in [1.82, 2.24) is 0 Å². The van der Waals surface area contributed by atoms with E-state index in [9.17, 15) is 9.90 Å². The molecule has 1 aromatic rings. The van der Waals surface area contributed by atoms with Crippen LogP contribution in [-0.2, 0) is 9.53 Å². The minimum Gasteiger partial charge on any atom is -0.481 e. The van der Waals surface area contributed by atoms with Crippen LogP contribution in [-0.4, -0.2) is 34.5 Å². The first-order valence-electron chi connectivity index (χ1n) is 10.5. The van der Waals surface area contributed by atoms with Crippen molar-refractivity contribution in [1.29, 1.82) is 0 Å². The molecule has 0 spiro atoms. The van der Waals surface area contributed by atoms with Crippen LogP contribution in [0, 0.1) is 11.8 Å². The van der Waals surface area contributed by atoms with Crippen molar-refractivity contribution >= 4 is 5.97 Å². The van der Waals surface area contributed by atoms with Gasteiger partial charge in [-0.1, -0.05) is 61.6 Å². The van der Waals surface area contributed by atoms with Crippen molar-refractivity contribution < 1.29 is 19.7 Å². The predicted molar refractivity (Wildman–Crippen MR) is 110 cm³/mol. The molecule has 2 aliphatic heterocycles. The van der Waals surface area contributed by atoms with E-state index in [0.717, 1.165) is 31.2 Å². The molecular formula is C24H32O4. The maximum atomic E-state index is 10.6. The van der Waals surface area contributed by atoms with Gasteiger partial charge in [-0.05, 0) is 43.6 Å². The molecule has 0 radical (unpaired) electrons. The summed E-state index contributed by atoms with van der Waals surface area (Å²) in [6.45, 7) is 2.05. The lowest BCUT2D eigenvalue weighted by Crippen LogP contribution is -2.26. The van der Waals surface area contributed by atoms with Crippen molar-refractivity contribution in [2.75, 3.05) is 0 Å². The number of aliphatic carboxylic acids is 1. The monoisotopic (exact) mass is 384 g/mol. The zero-order chi connectivity index (χ0) is 19.9. The molecule has 1 aromatic carbocycles. The van der Waals surface area contributed by atoms with E-state index in [4.69, 9.17) is 9.84 Å². The van der Waals surface area contributed by atoms with Gasteiger partial charge in [0.25, 0.3) is 0 Å². The number of hydrogen-bond donors (Lipinski definition) is 2. The molecule has 0 amide bonds. The summed E-state index contributed by atoms with van der Waals surface area (Å²) in [6, 6.07) is 10.1. The first kappa shape index (κ1) is 20.8. The van der Waals surface area contributed by atoms with Gasteiger partial charge in [0.2, 0.25) is 0 Å². The molecule has 0 aromatic heterocycles. The van der Waals surface area contributed by atoms with Gasteiger partial charge in [0, 0.05) is 18.3 Å². The number of carboxylic acid groups (broad SMARTS) is 1. The Morgan fingerprint density at radius 2 is 1.96 bits per heavy atom. The minimum atomic E-state index is -0.733. The Hall–Kier alpha value is -1.91. The average molecular weight is 385 g/mol. The molecule has 4 heteroatoms. The number of aliphatic hydroxyl groups excluding tert-OH is 1.